The third-order valence-corrected chi connectivity index (χ3v) is 6.44. The monoisotopic (exact) mass is 449 g/mol. The molecule has 178 valence electrons. The number of imidazole rings is 1. The molecule has 1 amide bonds. The van der Waals surface area contributed by atoms with E-state index < -0.39 is 0 Å². The van der Waals surface area contributed by atoms with Gasteiger partial charge in [0.05, 0.1) is 17.6 Å². The van der Waals surface area contributed by atoms with Gasteiger partial charge in [0.15, 0.2) is 0 Å². The number of rotatable bonds is 13. The number of aromatic nitrogens is 2. The van der Waals surface area contributed by atoms with Crippen LogP contribution in [0.3, 0.4) is 0 Å². The van der Waals surface area contributed by atoms with E-state index in [2.05, 4.69) is 74.0 Å². The van der Waals surface area contributed by atoms with E-state index in [1.165, 1.54) is 11.1 Å². The Balaban J connectivity index is 1.54. The van der Waals surface area contributed by atoms with Crippen molar-refractivity contribution in [2.75, 3.05) is 13.2 Å². The number of unbranched alkanes of at least 4 members (excludes halogenated alkanes) is 2. The minimum atomic E-state index is 0.149. The van der Waals surface area contributed by atoms with Gasteiger partial charge in [-0.15, -0.1) is 0 Å². The van der Waals surface area contributed by atoms with Crippen molar-refractivity contribution in [2.24, 2.45) is 5.92 Å². The summed E-state index contributed by atoms with van der Waals surface area (Å²) in [5, 5.41) is 3.09. The van der Waals surface area contributed by atoms with Gasteiger partial charge in [-0.25, -0.2) is 4.98 Å². The Bertz CT molecular complexity index is 1020. The molecule has 0 saturated heterocycles. The highest BCUT2D eigenvalue weighted by Gasteiger charge is 2.13. The fourth-order valence-corrected chi connectivity index (χ4v) is 4.43. The van der Waals surface area contributed by atoms with Gasteiger partial charge in [-0.3, -0.25) is 4.79 Å². The van der Waals surface area contributed by atoms with Gasteiger partial charge in [-0.05, 0) is 62.8 Å². The van der Waals surface area contributed by atoms with Gasteiger partial charge in [0.25, 0.3) is 0 Å². The normalized spacial score (nSPS) is 11.3. The molecule has 0 fully saturated rings. The average Bonchev–Trinajstić information content (AvgIpc) is 3.16. The van der Waals surface area contributed by atoms with Crippen LogP contribution in [0.25, 0.3) is 11.0 Å². The number of nitrogens with one attached hydrogen (secondary N) is 1. The number of fused-ring (bicyclic) bond motifs is 1. The molecule has 0 unspecified atom stereocenters. The van der Waals surface area contributed by atoms with E-state index in [9.17, 15) is 4.79 Å². The Hall–Kier alpha value is -2.82. The maximum atomic E-state index is 12.1. The van der Waals surface area contributed by atoms with Crippen LogP contribution in [-0.2, 0) is 17.8 Å². The fraction of sp³-hybridized carbons (Fsp3) is 0.500. The van der Waals surface area contributed by atoms with Crippen LogP contribution in [0.15, 0.2) is 42.5 Å². The van der Waals surface area contributed by atoms with Crippen molar-refractivity contribution in [1.82, 2.24) is 14.9 Å². The van der Waals surface area contributed by atoms with Crippen LogP contribution < -0.4 is 10.1 Å². The molecule has 0 aliphatic rings. The van der Waals surface area contributed by atoms with Crippen LogP contribution in [0.5, 0.6) is 5.75 Å². The zero-order valence-corrected chi connectivity index (χ0v) is 20.7. The van der Waals surface area contributed by atoms with Crippen LogP contribution >= 0.6 is 0 Å². The van der Waals surface area contributed by atoms with Gasteiger partial charge in [0.1, 0.15) is 18.2 Å². The van der Waals surface area contributed by atoms with Crippen molar-refractivity contribution in [2.45, 2.75) is 72.8 Å². The summed E-state index contributed by atoms with van der Waals surface area (Å²) in [6.07, 6.45) is 5.88. The van der Waals surface area contributed by atoms with E-state index in [0.29, 0.717) is 6.61 Å². The number of hydrogen-bond donors (Lipinski definition) is 1. The number of aryl methyl sites for hydroxylation is 3. The Morgan fingerprint density at radius 3 is 2.45 bits per heavy atom. The second-order valence-corrected chi connectivity index (χ2v) is 8.85. The number of carbonyl (C=O) groups excluding carboxylic acids is 1. The van der Waals surface area contributed by atoms with E-state index in [4.69, 9.17) is 9.72 Å². The predicted molar refractivity (Wildman–Crippen MR) is 136 cm³/mol. The number of carbonyl (C=O) groups is 1. The molecule has 3 rings (SSSR count). The smallest absolute Gasteiger partial charge is 0.223 e. The molecule has 1 aromatic heterocycles. The van der Waals surface area contributed by atoms with Crippen LogP contribution in [0.1, 0.15) is 62.9 Å². The van der Waals surface area contributed by atoms with Crippen molar-refractivity contribution >= 4 is 16.9 Å². The van der Waals surface area contributed by atoms with E-state index in [1.54, 1.807) is 0 Å². The lowest BCUT2D eigenvalue weighted by molar-refractivity contribution is -0.125. The van der Waals surface area contributed by atoms with Crippen LogP contribution in [0, 0.1) is 19.8 Å². The lowest BCUT2D eigenvalue weighted by atomic mass is 10.0. The van der Waals surface area contributed by atoms with Crippen molar-refractivity contribution in [1.29, 1.82) is 0 Å². The molecule has 3 aromatic rings. The van der Waals surface area contributed by atoms with Crippen molar-refractivity contribution < 1.29 is 9.53 Å². The highest BCUT2D eigenvalue weighted by atomic mass is 16.5. The van der Waals surface area contributed by atoms with Crippen LogP contribution in [-0.4, -0.2) is 28.6 Å². The van der Waals surface area contributed by atoms with E-state index in [0.717, 1.165) is 74.2 Å². The highest BCUT2D eigenvalue weighted by molar-refractivity contribution is 5.78. The predicted octanol–water partition coefficient (Wildman–Crippen LogP) is 6.00. The number of benzene rings is 2. The molecule has 33 heavy (non-hydrogen) atoms. The Labute approximate surface area is 198 Å². The molecule has 0 aliphatic heterocycles. The second-order valence-electron chi connectivity index (χ2n) is 8.85. The molecular weight excluding hydrogens is 410 g/mol. The zero-order valence-electron chi connectivity index (χ0n) is 20.7. The van der Waals surface area contributed by atoms with Gasteiger partial charge in [0, 0.05) is 18.9 Å². The first kappa shape index (κ1) is 24.8. The Morgan fingerprint density at radius 2 is 1.73 bits per heavy atom. The number of nitrogens with zero attached hydrogens (tertiary/aromatic N) is 2. The Morgan fingerprint density at radius 1 is 1.00 bits per heavy atom. The Kier molecular flexibility index (Phi) is 9.35. The third-order valence-electron chi connectivity index (χ3n) is 6.44. The van der Waals surface area contributed by atoms with Crippen molar-refractivity contribution in [3.63, 3.8) is 0 Å². The SMILES string of the molecule is CCC(CC)C(=O)NCCCCCc1nc2ccccc2n1CCOc1c(C)cccc1C. The average molecular weight is 450 g/mol. The maximum absolute atomic E-state index is 12.1. The quantitative estimate of drug-likeness (QED) is 0.326. The summed E-state index contributed by atoms with van der Waals surface area (Å²) in [5.41, 5.74) is 4.54. The molecule has 0 aliphatic carbocycles. The van der Waals surface area contributed by atoms with Gasteiger partial charge in [-0.2, -0.15) is 0 Å². The number of amides is 1. The van der Waals surface area contributed by atoms with Crippen LogP contribution in [0.4, 0.5) is 0 Å². The van der Waals surface area contributed by atoms with Gasteiger partial charge < -0.3 is 14.6 Å². The van der Waals surface area contributed by atoms with E-state index >= 15 is 0 Å². The minimum Gasteiger partial charge on any atom is -0.491 e. The summed E-state index contributed by atoms with van der Waals surface area (Å²) in [7, 11) is 0. The highest BCUT2D eigenvalue weighted by Crippen LogP contribution is 2.23. The lowest BCUT2D eigenvalue weighted by Crippen LogP contribution is -2.30. The number of para-hydroxylation sites is 3. The van der Waals surface area contributed by atoms with Gasteiger partial charge in [-0.1, -0.05) is 50.6 Å². The van der Waals surface area contributed by atoms with Gasteiger partial charge in [0.2, 0.25) is 5.91 Å². The van der Waals surface area contributed by atoms with Crippen LogP contribution in [0.2, 0.25) is 0 Å². The van der Waals surface area contributed by atoms with E-state index in [-0.39, 0.29) is 11.8 Å². The molecule has 0 radical (unpaired) electrons. The molecule has 1 heterocycles. The summed E-state index contributed by atoms with van der Waals surface area (Å²) in [6, 6.07) is 14.6. The molecule has 0 spiro atoms. The van der Waals surface area contributed by atoms with Crippen molar-refractivity contribution in [3.8, 4) is 5.75 Å². The largest absolute Gasteiger partial charge is 0.491 e. The molecule has 1 N–H and O–H groups in total. The first-order valence-electron chi connectivity index (χ1n) is 12.5. The molecular formula is C28H39N3O2. The second kappa shape index (κ2) is 12.4. The first-order chi connectivity index (χ1) is 16.0. The molecule has 0 bridgehead atoms. The molecule has 2 aromatic carbocycles. The lowest BCUT2D eigenvalue weighted by Gasteiger charge is -2.14. The van der Waals surface area contributed by atoms with E-state index in [1.807, 2.05) is 6.07 Å². The third kappa shape index (κ3) is 6.59. The molecule has 0 saturated carbocycles. The minimum absolute atomic E-state index is 0.149. The summed E-state index contributed by atoms with van der Waals surface area (Å²) in [4.78, 5) is 17.0. The molecule has 0 atom stereocenters. The summed E-state index contributed by atoms with van der Waals surface area (Å²) >= 11 is 0. The summed E-state index contributed by atoms with van der Waals surface area (Å²) < 4.78 is 8.48. The zero-order chi connectivity index (χ0) is 23.6. The van der Waals surface area contributed by atoms with Crippen molar-refractivity contribution in [3.05, 3.63) is 59.4 Å². The topological polar surface area (TPSA) is 56.2 Å². The molecule has 5 nitrogen and oxygen atoms in total. The molecule has 5 heteroatoms. The number of hydrogen-bond acceptors (Lipinski definition) is 3. The summed E-state index contributed by atoms with van der Waals surface area (Å²) in [6.45, 7) is 10.5. The first-order valence-corrected chi connectivity index (χ1v) is 12.5. The van der Waals surface area contributed by atoms with Gasteiger partial charge >= 0.3 is 0 Å². The maximum Gasteiger partial charge on any atom is 0.223 e. The standard InChI is InChI=1S/C28H39N3O2/c1-5-23(6-2)28(32)29-18-11-7-8-17-26-30-24-15-9-10-16-25(24)31(26)19-20-33-27-21(3)13-12-14-22(27)4/h9-10,12-16,23H,5-8,11,17-20H2,1-4H3,(H,29,32). The summed E-state index contributed by atoms with van der Waals surface area (Å²) in [5.74, 6) is 2.45. The fourth-order valence-electron chi connectivity index (χ4n) is 4.43. The number of ether oxygens (including phenoxy) is 1.